The maximum atomic E-state index is 13.6. The second-order valence-electron chi connectivity index (χ2n) is 10.4. The number of nitro groups is 1. The number of piperidine rings is 1. The summed E-state index contributed by atoms with van der Waals surface area (Å²) in [5.74, 6) is 0.440. The summed E-state index contributed by atoms with van der Waals surface area (Å²) >= 11 is 0. The molecule has 9 nitrogen and oxygen atoms in total. The Bertz CT molecular complexity index is 1220. The van der Waals surface area contributed by atoms with Gasteiger partial charge >= 0.3 is 0 Å². The Labute approximate surface area is 203 Å². The molecule has 4 aliphatic rings. The first kappa shape index (κ1) is 22.3. The maximum Gasteiger partial charge on any atom is 0.269 e. The number of nitrogens with zero attached hydrogens (tertiary/aromatic N) is 3. The Kier molecular flexibility index (Phi) is 5.59. The van der Waals surface area contributed by atoms with Crippen molar-refractivity contribution >= 4 is 17.3 Å². The van der Waals surface area contributed by atoms with Crippen LogP contribution in [0.4, 0.5) is 11.4 Å². The van der Waals surface area contributed by atoms with E-state index in [9.17, 15) is 19.7 Å². The molecule has 6 rings (SSSR count). The number of carbonyl (C=O) groups is 1. The monoisotopic (exact) mass is 478 g/mol. The van der Waals surface area contributed by atoms with Gasteiger partial charge in [-0.1, -0.05) is 6.07 Å². The predicted molar refractivity (Wildman–Crippen MR) is 130 cm³/mol. The van der Waals surface area contributed by atoms with Crippen LogP contribution >= 0.6 is 0 Å². The van der Waals surface area contributed by atoms with Gasteiger partial charge in [0.05, 0.1) is 10.8 Å². The number of fused-ring (bicyclic) bond motifs is 8. The Hall–Kier alpha value is -3.20. The molecule has 35 heavy (non-hydrogen) atoms. The lowest BCUT2D eigenvalue weighted by Gasteiger charge is -2.54. The molecule has 0 radical (unpaired) electrons. The third kappa shape index (κ3) is 3.91. The molecule has 2 fully saturated rings. The number of hydrogen-bond acceptors (Lipinski definition) is 6. The molecule has 1 aromatic carbocycles. The summed E-state index contributed by atoms with van der Waals surface area (Å²) in [4.78, 5) is 39.7. The van der Waals surface area contributed by atoms with Crippen molar-refractivity contribution in [1.29, 1.82) is 0 Å². The van der Waals surface area contributed by atoms with E-state index in [1.165, 1.54) is 0 Å². The van der Waals surface area contributed by atoms with E-state index in [2.05, 4.69) is 10.2 Å². The molecule has 0 unspecified atom stereocenters. The molecule has 0 spiro atoms. The van der Waals surface area contributed by atoms with Crippen LogP contribution in [0.1, 0.15) is 36.4 Å². The summed E-state index contributed by atoms with van der Waals surface area (Å²) in [6.07, 6.45) is 3.30. The van der Waals surface area contributed by atoms with Gasteiger partial charge in [0, 0.05) is 74.4 Å². The van der Waals surface area contributed by atoms with Gasteiger partial charge in [-0.2, -0.15) is 0 Å². The first-order chi connectivity index (χ1) is 17.0. The van der Waals surface area contributed by atoms with Crippen molar-refractivity contribution < 1.29 is 14.5 Å². The Morgan fingerprint density at radius 1 is 1.17 bits per heavy atom. The molecular weight excluding hydrogens is 448 g/mol. The number of hydrogen-bond donors (Lipinski definition) is 1. The van der Waals surface area contributed by atoms with Crippen molar-refractivity contribution in [2.75, 3.05) is 31.2 Å². The van der Waals surface area contributed by atoms with Crippen LogP contribution in [-0.4, -0.2) is 47.7 Å². The molecule has 1 amide bonds. The Morgan fingerprint density at radius 2 is 2.00 bits per heavy atom. The second kappa shape index (κ2) is 8.78. The van der Waals surface area contributed by atoms with E-state index in [-0.39, 0.29) is 45.9 Å². The summed E-state index contributed by atoms with van der Waals surface area (Å²) in [5, 5.41) is 14.7. The smallest absolute Gasteiger partial charge is 0.269 e. The normalized spacial score (nSPS) is 27.4. The number of carbonyl (C=O) groups excluding carboxylic acids is 1. The van der Waals surface area contributed by atoms with E-state index < -0.39 is 0 Å². The summed E-state index contributed by atoms with van der Waals surface area (Å²) in [7, 11) is 0. The van der Waals surface area contributed by atoms with Gasteiger partial charge in [-0.25, -0.2) is 0 Å². The van der Waals surface area contributed by atoms with Crippen LogP contribution < -0.4 is 15.8 Å². The van der Waals surface area contributed by atoms with Gasteiger partial charge in [0.15, 0.2) is 0 Å². The van der Waals surface area contributed by atoms with Crippen molar-refractivity contribution in [3.8, 4) is 0 Å². The number of amides is 1. The van der Waals surface area contributed by atoms with Crippen molar-refractivity contribution in [2.24, 2.45) is 17.8 Å². The number of pyridine rings is 1. The number of nitro benzene ring substituents is 1. The Morgan fingerprint density at radius 3 is 2.80 bits per heavy atom. The zero-order valence-electron chi connectivity index (χ0n) is 19.6. The average Bonchev–Trinajstić information content (AvgIpc) is 2.87. The van der Waals surface area contributed by atoms with Crippen LogP contribution in [0, 0.1) is 27.9 Å². The van der Waals surface area contributed by atoms with Gasteiger partial charge in [0.25, 0.3) is 11.2 Å². The quantitative estimate of drug-likeness (QED) is 0.535. The fourth-order valence-corrected chi connectivity index (χ4v) is 6.78. The zero-order valence-corrected chi connectivity index (χ0v) is 19.6. The van der Waals surface area contributed by atoms with Crippen molar-refractivity contribution in [3.63, 3.8) is 0 Å². The zero-order chi connectivity index (χ0) is 24.1. The number of aromatic nitrogens is 1. The number of anilines is 1. The molecular formula is C26H30N4O5. The van der Waals surface area contributed by atoms with Crippen molar-refractivity contribution in [2.45, 2.75) is 44.2 Å². The highest BCUT2D eigenvalue weighted by Gasteiger charge is 2.49. The van der Waals surface area contributed by atoms with Gasteiger partial charge in [-0.15, -0.1) is 0 Å². The van der Waals surface area contributed by atoms with Gasteiger partial charge in [-0.3, -0.25) is 19.7 Å². The van der Waals surface area contributed by atoms with E-state index in [0.29, 0.717) is 32.0 Å². The van der Waals surface area contributed by atoms with Gasteiger partial charge in [0.1, 0.15) is 0 Å². The highest BCUT2D eigenvalue weighted by atomic mass is 16.6. The predicted octanol–water partition coefficient (Wildman–Crippen LogP) is 2.46. The third-order valence-electron chi connectivity index (χ3n) is 8.44. The molecule has 4 aliphatic heterocycles. The van der Waals surface area contributed by atoms with E-state index in [4.69, 9.17) is 4.74 Å². The van der Waals surface area contributed by atoms with Gasteiger partial charge in [-0.05, 0) is 55.2 Å². The minimum absolute atomic E-state index is 0.00769. The standard InChI is InChI=1S/C26H30N4O5/c31-24-3-1-2-22-18-10-19(15-28(22)24)25-21(26(32)27-13-16-6-8-35-9-7-16)12-17-11-20(30(33)34)4-5-23(17)29(25)14-18/h1-5,11,16,18-19,21,25H,6-10,12-15H2,(H,27,32)/t18-,19-,21-,25+/m1/s1. The van der Waals surface area contributed by atoms with Crippen LogP contribution in [0.15, 0.2) is 41.2 Å². The minimum atomic E-state index is -0.375. The summed E-state index contributed by atoms with van der Waals surface area (Å²) in [5.41, 5.74) is 2.94. The molecule has 2 saturated heterocycles. The highest BCUT2D eigenvalue weighted by molar-refractivity contribution is 5.82. The first-order valence-corrected chi connectivity index (χ1v) is 12.6. The molecule has 184 valence electrons. The topological polar surface area (TPSA) is 107 Å². The van der Waals surface area contributed by atoms with Crippen molar-refractivity contribution in [3.05, 3.63) is 68.1 Å². The molecule has 1 N–H and O–H groups in total. The Balaban J connectivity index is 1.35. The lowest BCUT2D eigenvalue weighted by atomic mass is 9.70. The van der Waals surface area contributed by atoms with E-state index in [0.717, 1.165) is 49.4 Å². The van der Waals surface area contributed by atoms with Gasteiger partial charge in [0.2, 0.25) is 5.91 Å². The van der Waals surface area contributed by atoms with Crippen LogP contribution in [0.3, 0.4) is 0 Å². The molecule has 4 atom stereocenters. The lowest BCUT2D eigenvalue weighted by Crippen LogP contribution is -2.61. The average molecular weight is 479 g/mol. The second-order valence-corrected chi connectivity index (χ2v) is 10.4. The van der Waals surface area contributed by atoms with E-state index >= 15 is 0 Å². The van der Waals surface area contributed by atoms with E-state index in [1.807, 2.05) is 22.8 Å². The summed E-state index contributed by atoms with van der Waals surface area (Å²) in [6, 6.07) is 10.4. The number of nitrogens with one attached hydrogen (secondary N) is 1. The fraction of sp³-hybridized carbons (Fsp3) is 0.538. The highest BCUT2D eigenvalue weighted by Crippen LogP contribution is 2.47. The lowest BCUT2D eigenvalue weighted by molar-refractivity contribution is -0.384. The largest absolute Gasteiger partial charge is 0.381 e. The van der Waals surface area contributed by atoms with Crippen LogP contribution in [0.2, 0.25) is 0 Å². The third-order valence-corrected chi connectivity index (χ3v) is 8.44. The van der Waals surface area contributed by atoms with Gasteiger partial charge < -0.3 is 19.5 Å². The van der Waals surface area contributed by atoms with Crippen LogP contribution in [0.25, 0.3) is 0 Å². The number of ether oxygens (including phenoxy) is 1. The molecule has 5 heterocycles. The van der Waals surface area contributed by atoms with Crippen LogP contribution in [0.5, 0.6) is 0 Å². The number of rotatable bonds is 4. The molecule has 2 aromatic rings. The number of non-ortho nitro benzene ring substituents is 1. The minimum Gasteiger partial charge on any atom is -0.381 e. The SMILES string of the molecule is O=C(NCC1CCOCC1)[C@@H]1Cc2cc([N+](=O)[O-])ccc2N2C[C@H]3C[C@H](Cn4c3cccc4=O)[C@@H]12. The molecule has 0 aliphatic carbocycles. The summed E-state index contributed by atoms with van der Waals surface area (Å²) in [6.45, 7) is 3.38. The summed E-state index contributed by atoms with van der Waals surface area (Å²) < 4.78 is 7.33. The van der Waals surface area contributed by atoms with Crippen LogP contribution in [-0.2, 0) is 22.5 Å². The van der Waals surface area contributed by atoms with Crippen molar-refractivity contribution in [1.82, 2.24) is 9.88 Å². The molecule has 0 saturated carbocycles. The molecule has 9 heteroatoms. The maximum absolute atomic E-state index is 13.6. The molecule has 2 bridgehead atoms. The fourth-order valence-electron chi connectivity index (χ4n) is 6.78. The van der Waals surface area contributed by atoms with E-state index in [1.54, 1.807) is 18.2 Å². The molecule has 1 aromatic heterocycles. The first-order valence-electron chi connectivity index (χ1n) is 12.6. The number of benzene rings is 1.